The summed E-state index contributed by atoms with van der Waals surface area (Å²) < 4.78 is 0. The molecule has 116 valence electrons. The minimum Gasteiger partial charge on any atom is -0.481 e. The highest BCUT2D eigenvalue weighted by Gasteiger charge is 2.11. The van der Waals surface area contributed by atoms with Gasteiger partial charge in [0, 0.05) is 18.5 Å². The van der Waals surface area contributed by atoms with Gasteiger partial charge >= 0.3 is 5.97 Å². The minimum atomic E-state index is -0.784. The molecule has 0 spiro atoms. The summed E-state index contributed by atoms with van der Waals surface area (Å²) in [6.07, 6.45) is 2.46. The van der Waals surface area contributed by atoms with Gasteiger partial charge in [-0.25, -0.2) is 0 Å². The van der Waals surface area contributed by atoms with Gasteiger partial charge in [-0.15, -0.1) is 0 Å². The number of carbonyl (C=O) groups is 2. The monoisotopic (exact) mass is 331 g/mol. The summed E-state index contributed by atoms with van der Waals surface area (Å²) in [6.45, 7) is 2.53. The summed E-state index contributed by atoms with van der Waals surface area (Å²) in [5.41, 5.74) is 0.461. The van der Waals surface area contributed by atoms with E-state index in [9.17, 15) is 9.59 Å². The SMILES string of the molecule is CCC(CCNC(=O)c1ccc(Cl)c(Cl)c1)CCC(=O)O. The van der Waals surface area contributed by atoms with Crippen molar-refractivity contribution in [2.24, 2.45) is 5.92 Å². The van der Waals surface area contributed by atoms with Crippen molar-refractivity contribution in [2.45, 2.75) is 32.6 Å². The van der Waals surface area contributed by atoms with Gasteiger partial charge in [-0.2, -0.15) is 0 Å². The fourth-order valence-corrected chi connectivity index (χ4v) is 2.31. The molecule has 1 rings (SSSR count). The number of carbonyl (C=O) groups excluding carboxylic acids is 1. The first kappa shape index (κ1) is 17.8. The molecular weight excluding hydrogens is 313 g/mol. The van der Waals surface area contributed by atoms with Crippen LogP contribution in [0.15, 0.2) is 18.2 Å². The molecule has 2 N–H and O–H groups in total. The molecule has 21 heavy (non-hydrogen) atoms. The Morgan fingerprint density at radius 1 is 1.24 bits per heavy atom. The van der Waals surface area contributed by atoms with Crippen LogP contribution in [0, 0.1) is 5.92 Å². The van der Waals surface area contributed by atoms with Crippen LogP contribution >= 0.6 is 23.2 Å². The Kier molecular flexibility index (Phi) is 7.54. The van der Waals surface area contributed by atoms with Gasteiger partial charge in [0.25, 0.3) is 5.91 Å². The molecule has 0 saturated heterocycles. The third-order valence-electron chi connectivity index (χ3n) is 3.36. The lowest BCUT2D eigenvalue weighted by Crippen LogP contribution is -2.26. The number of rotatable bonds is 8. The molecule has 0 fully saturated rings. The first-order valence-corrected chi connectivity index (χ1v) is 7.64. The van der Waals surface area contributed by atoms with Crippen LogP contribution in [-0.2, 0) is 4.79 Å². The first-order valence-electron chi connectivity index (χ1n) is 6.89. The number of hydrogen-bond donors (Lipinski definition) is 2. The molecular formula is C15H19Cl2NO3. The number of benzene rings is 1. The van der Waals surface area contributed by atoms with Crippen molar-refractivity contribution in [2.75, 3.05) is 6.54 Å². The van der Waals surface area contributed by atoms with Crippen molar-refractivity contribution in [1.29, 1.82) is 0 Å². The van der Waals surface area contributed by atoms with E-state index in [2.05, 4.69) is 5.32 Å². The number of aliphatic carboxylic acids is 1. The molecule has 0 aliphatic carbocycles. The number of halogens is 2. The second-order valence-electron chi connectivity index (χ2n) is 4.88. The number of hydrogen-bond acceptors (Lipinski definition) is 2. The maximum Gasteiger partial charge on any atom is 0.303 e. The van der Waals surface area contributed by atoms with E-state index in [0.29, 0.717) is 34.5 Å². The van der Waals surface area contributed by atoms with Crippen molar-refractivity contribution in [3.8, 4) is 0 Å². The highest BCUT2D eigenvalue weighted by molar-refractivity contribution is 6.42. The Labute approximate surface area is 134 Å². The molecule has 0 aromatic heterocycles. The van der Waals surface area contributed by atoms with Crippen LogP contribution in [0.5, 0.6) is 0 Å². The molecule has 1 aromatic rings. The largest absolute Gasteiger partial charge is 0.481 e. The zero-order chi connectivity index (χ0) is 15.8. The van der Waals surface area contributed by atoms with E-state index in [-0.39, 0.29) is 12.3 Å². The van der Waals surface area contributed by atoms with E-state index in [1.54, 1.807) is 12.1 Å². The smallest absolute Gasteiger partial charge is 0.303 e. The third-order valence-corrected chi connectivity index (χ3v) is 4.10. The second-order valence-corrected chi connectivity index (χ2v) is 5.69. The molecule has 0 saturated carbocycles. The maximum absolute atomic E-state index is 11.9. The van der Waals surface area contributed by atoms with Crippen molar-refractivity contribution >= 4 is 35.1 Å². The van der Waals surface area contributed by atoms with E-state index < -0.39 is 5.97 Å². The lowest BCUT2D eigenvalue weighted by molar-refractivity contribution is -0.137. The van der Waals surface area contributed by atoms with Crippen molar-refractivity contribution < 1.29 is 14.7 Å². The summed E-state index contributed by atoms with van der Waals surface area (Å²) in [5, 5.41) is 12.2. The standard InChI is InChI=1S/C15H19Cl2NO3/c1-2-10(3-6-14(19)20)7-8-18-15(21)11-4-5-12(16)13(17)9-11/h4-5,9-10H,2-3,6-8H2,1H3,(H,18,21)(H,19,20). The van der Waals surface area contributed by atoms with Crippen LogP contribution in [0.1, 0.15) is 43.0 Å². The molecule has 0 radical (unpaired) electrons. The average molecular weight is 332 g/mol. The predicted molar refractivity (Wildman–Crippen MR) is 84.1 cm³/mol. The molecule has 0 aliphatic heterocycles. The van der Waals surface area contributed by atoms with Gasteiger partial charge in [0.05, 0.1) is 10.0 Å². The quantitative estimate of drug-likeness (QED) is 0.756. The zero-order valence-corrected chi connectivity index (χ0v) is 13.4. The Bertz CT molecular complexity index is 506. The fourth-order valence-electron chi connectivity index (χ4n) is 2.01. The lowest BCUT2D eigenvalue weighted by Gasteiger charge is -2.14. The van der Waals surface area contributed by atoms with Gasteiger partial charge in [-0.3, -0.25) is 9.59 Å². The molecule has 0 aliphatic rings. The summed E-state index contributed by atoms with van der Waals surface area (Å²) in [6, 6.07) is 4.73. The van der Waals surface area contributed by atoms with Crippen LogP contribution in [0.3, 0.4) is 0 Å². The van der Waals surface area contributed by atoms with Crippen LogP contribution in [0.2, 0.25) is 10.0 Å². The van der Waals surface area contributed by atoms with E-state index in [0.717, 1.165) is 12.8 Å². The zero-order valence-electron chi connectivity index (χ0n) is 11.9. The van der Waals surface area contributed by atoms with Gasteiger partial charge in [-0.1, -0.05) is 36.5 Å². The van der Waals surface area contributed by atoms with Gasteiger partial charge in [0.15, 0.2) is 0 Å². The van der Waals surface area contributed by atoms with Crippen LogP contribution in [0.25, 0.3) is 0 Å². The predicted octanol–water partition coefficient (Wildman–Crippen LogP) is 4.00. The lowest BCUT2D eigenvalue weighted by atomic mass is 9.96. The Hall–Kier alpha value is -1.26. The number of carboxylic acid groups (broad SMARTS) is 1. The topological polar surface area (TPSA) is 66.4 Å². The van der Waals surface area contributed by atoms with Gasteiger partial charge in [-0.05, 0) is 37.0 Å². The van der Waals surface area contributed by atoms with Crippen molar-refractivity contribution in [1.82, 2.24) is 5.32 Å². The average Bonchev–Trinajstić information content (AvgIpc) is 2.45. The van der Waals surface area contributed by atoms with E-state index in [4.69, 9.17) is 28.3 Å². The van der Waals surface area contributed by atoms with Gasteiger partial charge in [0.1, 0.15) is 0 Å². The first-order chi connectivity index (χ1) is 9.93. The maximum atomic E-state index is 11.9. The van der Waals surface area contributed by atoms with E-state index >= 15 is 0 Å². The number of nitrogens with one attached hydrogen (secondary N) is 1. The highest BCUT2D eigenvalue weighted by atomic mass is 35.5. The van der Waals surface area contributed by atoms with E-state index in [1.807, 2.05) is 6.92 Å². The van der Waals surface area contributed by atoms with Crippen molar-refractivity contribution in [3.05, 3.63) is 33.8 Å². The summed E-state index contributed by atoms with van der Waals surface area (Å²) in [4.78, 5) is 22.5. The highest BCUT2D eigenvalue weighted by Crippen LogP contribution is 2.22. The summed E-state index contributed by atoms with van der Waals surface area (Å²) in [5.74, 6) is -0.690. The second kappa shape index (κ2) is 8.90. The summed E-state index contributed by atoms with van der Waals surface area (Å²) in [7, 11) is 0. The fraction of sp³-hybridized carbons (Fsp3) is 0.467. The molecule has 1 aromatic carbocycles. The third kappa shape index (κ3) is 6.36. The summed E-state index contributed by atoms with van der Waals surface area (Å²) >= 11 is 11.7. The molecule has 1 amide bonds. The Morgan fingerprint density at radius 3 is 2.52 bits per heavy atom. The van der Waals surface area contributed by atoms with Crippen LogP contribution in [-0.4, -0.2) is 23.5 Å². The molecule has 1 unspecified atom stereocenters. The normalized spacial score (nSPS) is 12.0. The van der Waals surface area contributed by atoms with Gasteiger partial charge in [0.2, 0.25) is 0 Å². The number of carboxylic acids is 1. The van der Waals surface area contributed by atoms with E-state index in [1.165, 1.54) is 6.07 Å². The minimum absolute atomic E-state index is 0.166. The van der Waals surface area contributed by atoms with Crippen LogP contribution < -0.4 is 5.32 Å². The molecule has 0 bridgehead atoms. The molecule has 4 nitrogen and oxygen atoms in total. The Morgan fingerprint density at radius 2 is 1.95 bits per heavy atom. The molecule has 1 atom stereocenters. The van der Waals surface area contributed by atoms with Crippen LogP contribution in [0.4, 0.5) is 0 Å². The molecule has 6 heteroatoms. The van der Waals surface area contributed by atoms with Crippen molar-refractivity contribution in [3.63, 3.8) is 0 Å². The molecule has 0 heterocycles. The Balaban J connectivity index is 2.41. The number of amides is 1. The van der Waals surface area contributed by atoms with Gasteiger partial charge < -0.3 is 10.4 Å².